The Balaban J connectivity index is 1.29. The van der Waals surface area contributed by atoms with Crippen molar-refractivity contribution in [1.82, 2.24) is 10.3 Å². The average Bonchev–Trinajstić information content (AvgIpc) is 3.01. The van der Waals surface area contributed by atoms with Crippen LogP contribution in [0.3, 0.4) is 0 Å². The normalized spacial score (nSPS) is 16.1. The molecule has 0 bridgehead atoms. The van der Waals surface area contributed by atoms with E-state index >= 15 is 0 Å². The quantitative estimate of drug-likeness (QED) is 0.172. The smallest absolute Gasteiger partial charge is 0.337 e. The van der Waals surface area contributed by atoms with Gasteiger partial charge in [0.2, 0.25) is 0 Å². The lowest BCUT2D eigenvalue weighted by Gasteiger charge is -2.31. The Labute approximate surface area is 277 Å². The zero-order valence-corrected chi connectivity index (χ0v) is 28.1. The number of allylic oxidation sites excluding steroid dienone is 2. The maximum Gasteiger partial charge on any atom is 0.337 e. The number of rotatable bonds is 14. The van der Waals surface area contributed by atoms with Crippen LogP contribution in [0.15, 0.2) is 101 Å². The summed E-state index contributed by atoms with van der Waals surface area (Å²) in [5, 5.41) is 13.0. The molecule has 0 saturated heterocycles. The Hall–Kier alpha value is -4.56. The summed E-state index contributed by atoms with van der Waals surface area (Å²) in [4.78, 5) is 29.9. The maximum absolute atomic E-state index is 14.9. The average molecular weight is 641 g/mol. The molecule has 0 aliphatic carbocycles. The number of hydrogen-bond donors (Lipinski definition) is 2. The minimum absolute atomic E-state index is 0.0826. The molecule has 2 aromatic carbocycles. The minimum atomic E-state index is -1.23. The predicted octanol–water partition coefficient (Wildman–Crippen LogP) is 7.99. The monoisotopic (exact) mass is 640 g/mol. The topological polar surface area (TPSA) is 97.8 Å². The van der Waals surface area contributed by atoms with Gasteiger partial charge in [0.1, 0.15) is 5.82 Å². The molecule has 248 valence electrons. The van der Waals surface area contributed by atoms with Crippen molar-refractivity contribution < 1.29 is 28.6 Å². The van der Waals surface area contributed by atoms with Crippen molar-refractivity contribution in [2.75, 3.05) is 13.2 Å². The van der Waals surface area contributed by atoms with Crippen LogP contribution in [0.5, 0.6) is 0 Å². The highest BCUT2D eigenvalue weighted by atomic mass is 19.1. The number of ether oxygens (including phenoxy) is 2. The third kappa shape index (κ3) is 9.72. The summed E-state index contributed by atoms with van der Waals surface area (Å²) in [5.74, 6) is -3.57. The molecule has 47 heavy (non-hydrogen) atoms. The van der Waals surface area contributed by atoms with Gasteiger partial charge in [-0.15, -0.1) is 0 Å². The van der Waals surface area contributed by atoms with E-state index in [1.165, 1.54) is 29.3 Å². The Morgan fingerprint density at radius 3 is 2.38 bits per heavy atom. The number of dihydropyridines is 1. The number of benzene rings is 2. The Morgan fingerprint density at radius 2 is 1.72 bits per heavy atom. The van der Waals surface area contributed by atoms with Gasteiger partial charge in [0.15, 0.2) is 0 Å². The van der Waals surface area contributed by atoms with E-state index in [4.69, 9.17) is 9.47 Å². The number of carboxylic acids is 1. The number of nitrogens with zero attached hydrogens (tertiary/aromatic N) is 1. The number of aromatic nitrogens is 1. The second-order valence-electron chi connectivity index (χ2n) is 13.1. The fourth-order valence-electron chi connectivity index (χ4n) is 5.82. The lowest BCUT2D eigenvalue weighted by atomic mass is 9.80. The number of halogens is 1. The van der Waals surface area contributed by atoms with E-state index in [1.807, 2.05) is 19.2 Å². The minimum Gasteiger partial charge on any atom is -0.478 e. The van der Waals surface area contributed by atoms with E-state index in [-0.39, 0.29) is 22.1 Å². The van der Waals surface area contributed by atoms with E-state index < -0.39 is 29.8 Å². The first-order valence-corrected chi connectivity index (χ1v) is 15.9. The van der Waals surface area contributed by atoms with Gasteiger partial charge >= 0.3 is 11.9 Å². The number of nitrogens with one attached hydrogen (secondary N) is 1. The van der Waals surface area contributed by atoms with Crippen LogP contribution in [0, 0.1) is 11.2 Å². The second-order valence-corrected chi connectivity index (χ2v) is 13.1. The molecule has 4 rings (SSSR count). The zero-order valence-electron chi connectivity index (χ0n) is 28.1. The first kappa shape index (κ1) is 35.3. The first-order valence-electron chi connectivity index (χ1n) is 15.9. The largest absolute Gasteiger partial charge is 0.478 e. The first-order chi connectivity index (χ1) is 22.3. The third-order valence-corrected chi connectivity index (χ3v) is 8.31. The summed E-state index contributed by atoms with van der Waals surface area (Å²) in [6.45, 7) is 12.4. The van der Waals surface area contributed by atoms with E-state index in [1.54, 1.807) is 26.1 Å². The van der Waals surface area contributed by atoms with Crippen molar-refractivity contribution in [1.29, 1.82) is 0 Å². The Kier molecular flexibility index (Phi) is 11.9. The van der Waals surface area contributed by atoms with E-state index in [2.05, 4.69) is 67.5 Å². The molecule has 2 atom stereocenters. The highest BCUT2D eigenvalue weighted by Crippen LogP contribution is 2.40. The highest BCUT2D eigenvalue weighted by molar-refractivity contribution is 5.99. The van der Waals surface area contributed by atoms with Gasteiger partial charge < -0.3 is 19.9 Å². The lowest BCUT2D eigenvalue weighted by Crippen LogP contribution is -2.33. The molecular formula is C39H45FN2O5. The molecule has 3 aromatic rings. The van der Waals surface area contributed by atoms with Crippen LogP contribution in [0.1, 0.15) is 82.6 Å². The van der Waals surface area contributed by atoms with E-state index in [0.29, 0.717) is 31.0 Å². The Morgan fingerprint density at radius 1 is 1.02 bits per heavy atom. The SMILES string of the molecule is CC(=Cc1ccc(Cc2cccnc2)cc1)COCC(C)(C)CCC(C)OC(=O)C1=C(C)NC(C)=C(C(=O)O)C1c1ccccc1F. The number of esters is 1. The number of pyridine rings is 1. The second kappa shape index (κ2) is 15.8. The van der Waals surface area contributed by atoms with Gasteiger partial charge in [0, 0.05) is 29.4 Å². The van der Waals surface area contributed by atoms with Crippen molar-refractivity contribution in [3.63, 3.8) is 0 Å². The number of carbonyl (C=O) groups is 2. The van der Waals surface area contributed by atoms with E-state index in [9.17, 15) is 19.1 Å². The maximum atomic E-state index is 14.9. The van der Waals surface area contributed by atoms with Gasteiger partial charge in [-0.2, -0.15) is 0 Å². The molecule has 1 aromatic heterocycles. The summed E-state index contributed by atoms with van der Waals surface area (Å²) >= 11 is 0. The summed E-state index contributed by atoms with van der Waals surface area (Å²) in [5.41, 5.74) is 5.39. The summed E-state index contributed by atoms with van der Waals surface area (Å²) in [7, 11) is 0. The molecule has 2 heterocycles. The van der Waals surface area contributed by atoms with Gasteiger partial charge in [-0.05, 0) is 86.8 Å². The Bertz CT molecular complexity index is 1660. The molecule has 8 heteroatoms. The molecule has 0 fully saturated rings. The van der Waals surface area contributed by atoms with Gasteiger partial charge in [-0.3, -0.25) is 4.98 Å². The molecule has 7 nitrogen and oxygen atoms in total. The van der Waals surface area contributed by atoms with Crippen LogP contribution in [0.25, 0.3) is 6.08 Å². The molecule has 1 aliphatic heterocycles. The number of aliphatic carboxylic acids is 1. The molecule has 0 saturated carbocycles. The van der Waals surface area contributed by atoms with Crippen LogP contribution >= 0.6 is 0 Å². The number of carboxylic acid groups (broad SMARTS) is 1. The van der Waals surface area contributed by atoms with Crippen LogP contribution < -0.4 is 5.32 Å². The van der Waals surface area contributed by atoms with E-state index in [0.717, 1.165) is 24.0 Å². The van der Waals surface area contributed by atoms with Gasteiger partial charge in [0.25, 0.3) is 0 Å². The van der Waals surface area contributed by atoms with Crippen molar-refractivity contribution in [3.8, 4) is 0 Å². The van der Waals surface area contributed by atoms with Crippen LogP contribution in [0.4, 0.5) is 4.39 Å². The van der Waals surface area contributed by atoms with Crippen LogP contribution in [-0.2, 0) is 25.5 Å². The van der Waals surface area contributed by atoms with Gasteiger partial charge in [0.05, 0.1) is 36.4 Å². The van der Waals surface area contributed by atoms with Crippen LogP contribution in [0.2, 0.25) is 0 Å². The third-order valence-electron chi connectivity index (χ3n) is 8.31. The summed E-state index contributed by atoms with van der Waals surface area (Å²) in [6.07, 6.45) is 7.49. The fraction of sp³-hybridized carbons (Fsp3) is 0.359. The predicted molar refractivity (Wildman–Crippen MR) is 182 cm³/mol. The van der Waals surface area contributed by atoms with Crippen molar-refractivity contribution in [2.24, 2.45) is 5.41 Å². The zero-order chi connectivity index (χ0) is 34.1. The summed E-state index contributed by atoms with van der Waals surface area (Å²) in [6, 6.07) is 18.4. The molecule has 1 aliphatic rings. The fourth-order valence-corrected chi connectivity index (χ4v) is 5.82. The van der Waals surface area contributed by atoms with Crippen molar-refractivity contribution >= 4 is 18.0 Å². The molecule has 2 N–H and O–H groups in total. The molecule has 0 amide bonds. The molecular weight excluding hydrogens is 595 g/mol. The molecule has 2 unspecified atom stereocenters. The summed E-state index contributed by atoms with van der Waals surface area (Å²) < 4.78 is 26.8. The lowest BCUT2D eigenvalue weighted by molar-refractivity contribution is -0.144. The molecule has 0 spiro atoms. The van der Waals surface area contributed by atoms with Crippen molar-refractivity contribution in [3.05, 3.63) is 129 Å². The van der Waals surface area contributed by atoms with Gasteiger partial charge in [-0.1, -0.05) is 68.5 Å². The number of hydrogen-bond acceptors (Lipinski definition) is 6. The van der Waals surface area contributed by atoms with Gasteiger partial charge in [-0.25, -0.2) is 14.0 Å². The van der Waals surface area contributed by atoms with Crippen molar-refractivity contribution in [2.45, 2.75) is 72.8 Å². The molecule has 0 radical (unpaired) electrons. The van der Waals surface area contributed by atoms with Crippen LogP contribution in [-0.4, -0.2) is 41.3 Å². The highest BCUT2D eigenvalue weighted by Gasteiger charge is 2.39. The number of carbonyl (C=O) groups excluding carboxylic acids is 1. The standard InChI is InChI=1S/C39H45FN2O5/c1-25(20-29-13-15-30(16-14-29)21-31-10-9-19-41-22-31)23-46-24-39(5,6)18-17-26(2)47-38(45)35-28(4)42-27(3)34(37(43)44)36(35)32-11-7-8-12-33(32)40/h7-16,19-20,22,26,36,42H,17-18,21,23-24H2,1-6H3,(H,43,44).